The van der Waals surface area contributed by atoms with Gasteiger partial charge in [0.05, 0.1) is 11.3 Å². The van der Waals surface area contributed by atoms with Gasteiger partial charge in [0.2, 0.25) is 11.7 Å². The minimum Gasteiger partial charge on any atom is -0.453 e. The number of nitrogens with one attached hydrogen (secondary N) is 1. The first kappa shape index (κ1) is 21.9. The van der Waals surface area contributed by atoms with E-state index in [1.54, 1.807) is 4.52 Å². The second kappa shape index (κ2) is 8.62. The number of para-hydroxylation sites is 2. The maximum Gasteiger partial charge on any atom is 0.230 e. The van der Waals surface area contributed by atoms with Gasteiger partial charge in [0.15, 0.2) is 16.6 Å². The first-order valence-electron chi connectivity index (χ1n) is 12.7. The van der Waals surface area contributed by atoms with E-state index in [1.165, 1.54) is 37.4 Å². The van der Waals surface area contributed by atoms with Crippen LogP contribution in [0.1, 0.15) is 32.6 Å². The van der Waals surface area contributed by atoms with Crippen molar-refractivity contribution in [3.05, 3.63) is 54.6 Å². The molecule has 8 heteroatoms. The molecule has 2 fully saturated rings. The molecule has 0 unspecified atom stereocenters. The van der Waals surface area contributed by atoms with E-state index in [0.29, 0.717) is 28.3 Å². The lowest BCUT2D eigenvalue weighted by Gasteiger charge is -2.28. The number of thioether (sulfide) groups is 1. The number of fused-ring (bicyclic) bond motifs is 6. The predicted octanol–water partition coefficient (Wildman–Crippen LogP) is 5.72. The van der Waals surface area contributed by atoms with Gasteiger partial charge in [-0.1, -0.05) is 48.5 Å². The highest BCUT2D eigenvalue weighted by Crippen LogP contribution is 2.49. The third-order valence-corrected chi connectivity index (χ3v) is 8.88. The van der Waals surface area contributed by atoms with E-state index in [0.717, 1.165) is 33.7 Å². The first-order valence-corrected chi connectivity index (χ1v) is 13.7. The van der Waals surface area contributed by atoms with Gasteiger partial charge in [-0.15, -0.1) is 5.10 Å². The molecular weight excluding hydrogens is 470 g/mol. The smallest absolute Gasteiger partial charge is 0.230 e. The Labute approximate surface area is 212 Å². The van der Waals surface area contributed by atoms with Crippen LogP contribution in [0.3, 0.4) is 0 Å². The molecule has 2 aliphatic rings. The van der Waals surface area contributed by atoms with Crippen LogP contribution in [-0.2, 0) is 4.79 Å². The number of aromatic nitrogens is 4. The molecule has 182 valence electrons. The van der Waals surface area contributed by atoms with Crippen molar-refractivity contribution in [3.8, 4) is 11.6 Å². The Hall–Kier alpha value is -3.39. The van der Waals surface area contributed by atoms with E-state index >= 15 is 0 Å². The summed E-state index contributed by atoms with van der Waals surface area (Å²) in [5.41, 5.74) is 2.33. The lowest BCUT2D eigenvalue weighted by atomic mass is 9.84. The van der Waals surface area contributed by atoms with Crippen molar-refractivity contribution in [2.45, 2.75) is 43.8 Å². The summed E-state index contributed by atoms with van der Waals surface area (Å²) in [7, 11) is 0. The Bertz CT molecular complexity index is 1570. The van der Waals surface area contributed by atoms with Crippen LogP contribution in [0.25, 0.3) is 39.1 Å². The molecule has 2 aromatic carbocycles. The zero-order valence-electron chi connectivity index (χ0n) is 20.1. The minimum absolute atomic E-state index is 0.0380. The van der Waals surface area contributed by atoms with Crippen LogP contribution in [-0.4, -0.2) is 37.3 Å². The summed E-state index contributed by atoms with van der Waals surface area (Å²) in [5, 5.41) is 10.6. The van der Waals surface area contributed by atoms with E-state index in [2.05, 4.69) is 12.2 Å². The fourth-order valence-electron chi connectivity index (χ4n) is 6.26. The molecule has 3 heterocycles. The molecule has 7 rings (SSSR count). The molecule has 7 nitrogen and oxygen atoms in total. The molecule has 0 aliphatic heterocycles. The number of furan rings is 1. The van der Waals surface area contributed by atoms with Gasteiger partial charge in [0.1, 0.15) is 5.58 Å². The third-order valence-electron chi connectivity index (χ3n) is 7.95. The number of amides is 1. The largest absolute Gasteiger partial charge is 0.453 e. The van der Waals surface area contributed by atoms with E-state index < -0.39 is 0 Å². The van der Waals surface area contributed by atoms with Crippen molar-refractivity contribution in [1.29, 1.82) is 0 Å². The Morgan fingerprint density at radius 2 is 2.00 bits per heavy atom. The second-order valence-electron chi connectivity index (χ2n) is 10.2. The van der Waals surface area contributed by atoms with E-state index in [-0.39, 0.29) is 17.7 Å². The maximum absolute atomic E-state index is 12.9. The molecule has 4 atom stereocenters. The lowest BCUT2D eigenvalue weighted by molar-refractivity contribution is -0.119. The number of carbonyl (C=O) groups excluding carboxylic acids is 1. The Balaban J connectivity index is 1.17. The second-order valence-corrected chi connectivity index (χ2v) is 11.2. The van der Waals surface area contributed by atoms with Crippen LogP contribution in [0.15, 0.2) is 64.2 Å². The number of hydrogen-bond donors (Lipinski definition) is 1. The molecule has 2 aliphatic carbocycles. The van der Waals surface area contributed by atoms with E-state index in [4.69, 9.17) is 19.5 Å². The topological polar surface area (TPSA) is 85.3 Å². The molecule has 36 heavy (non-hydrogen) atoms. The summed E-state index contributed by atoms with van der Waals surface area (Å²) in [4.78, 5) is 22.5. The highest BCUT2D eigenvalue weighted by molar-refractivity contribution is 7.99. The standard InChI is InChI=1S/C28H27N5O2S/c1-16(21-13-17-10-11-18(21)12-17)29-25(34)15-36-28-30-22-8-4-3-7-20(22)27-31-26(32-33(27)28)24-14-19-6-2-5-9-23(19)35-24/h2-9,14,16-18,21H,10-13,15H2,1H3,(H,29,34)/t16-,17-,18-,21-/m0/s1. The van der Waals surface area contributed by atoms with Crippen molar-refractivity contribution in [2.75, 3.05) is 5.75 Å². The average molecular weight is 498 g/mol. The molecule has 0 spiro atoms. The van der Waals surface area contributed by atoms with Crippen LogP contribution >= 0.6 is 11.8 Å². The summed E-state index contributed by atoms with van der Waals surface area (Å²) in [6.45, 7) is 2.16. The van der Waals surface area contributed by atoms with Gasteiger partial charge in [-0.2, -0.15) is 4.52 Å². The molecule has 3 aromatic heterocycles. The highest BCUT2D eigenvalue weighted by atomic mass is 32.2. The zero-order chi connectivity index (χ0) is 24.2. The van der Waals surface area contributed by atoms with Crippen LogP contribution in [0.4, 0.5) is 0 Å². The zero-order valence-corrected chi connectivity index (χ0v) is 20.9. The third kappa shape index (κ3) is 3.75. The maximum atomic E-state index is 12.9. The fourth-order valence-corrected chi connectivity index (χ4v) is 7.02. The van der Waals surface area contributed by atoms with Gasteiger partial charge >= 0.3 is 0 Å². The normalized spacial score (nSPS) is 22.1. The van der Waals surface area contributed by atoms with Gasteiger partial charge in [-0.25, -0.2) is 9.97 Å². The van der Waals surface area contributed by atoms with Crippen molar-refractivity contribution in [2.24, 2.45) is 17.8 Å². The van der Waals surface area contributed by atoms with Crippen molar-refractivity contribution >= 4 is 45.2 Å². The van der Waals surface area contributed by atoms with Crippen LogP contribution in [0.2, 0.25) is 0 Å². The van der Waals surface area contributed by atoms with Gasteiger partial charge in [0, 0.05) is 16.8 Å². The summed E-state index contributed by atoms with van der Waals surface area (Å²) >= 11 is 1.39. The summed E-state index contributed by atoms with van der Waals surface area (Å²) in [6, 6.07) is 17.9. The number of benzene rings is 2. The summed E-state index contributed by atoms with van der Waals surface area (Å²) < 4.78 is 7.76. The Morgan fingerprint density at radius 1 is 1.14 bits per heavy atom. The predicted molar refractivity (Wildman–Crippen MR) is 141 cm³/mol. The van der Waals surface area contributed by atoms with E-state index in [1.807, 2.05) is 54.6 Å². The molecule has 5 aromatic rings. The molecule has 0 radical (unpaired) electrons. The van der Waals surface area contributed by atoms with Gasteiger partial charge in [-0.05, 0) is 68.2 Å². The first-order chi connectivity index (χ1) is 17.6. The SMILES string of the molecule is C[C@H](NC(=O)CSc1nc2ccccc2c2nc(-c3cc4ccccc4o3)nn12)[C@@H]1C[C@H]2CC[C@H]1C2. The summed E-state index contributed by atoms with van der Waals surface area (Å²) in [6.07, 6.45) is 5.30. The van der Waals surface area contributed by atoms with Crippen molar-refractivity contribution in [1.82, 2.24) is 24.9 Å². The number of nitrogens with zero attached hydrogens (tertiary/aromatic N) is 4. The highest BCUT2D eigenvalue weighted by Gasteiger charge is 2.42. The molecular formula is C28H27N5O2S. The molecule has 2 saturated carbocycles. The average Bonchev–Trinajstić information content (AvgIpc) is 3.69. The number of hydrogen-bond acceptors (Lipinski definition) is 6. The minimum atomic E-state index is 0.0380. The number of carbonyl (C=O) groups is 1. The van der Waals surface area contributed by atoms with Gasteiger partial charge in [0.25, 0.3) is 0 Å². The van der Waals surface area contributed by atoms with Crippen molar-refractivity contribution < 1.29 is 9.21 Å². The Kier molecular flexibility index (Phi) is 5.23. The Morgan fingerprint density at radius 3 is 2.83 bits per heavy atom. The number of rotatable bonds is 6. The molecule has 1 N–H and O–H groups in total. The molecule has 0 saturated heterocycles. The van der Waals surface area contributed by atoms with Crippen molar-refractivity contribution in [3.63, 3.8) is 0 Å². The van der Waals surface area contributed by atoms with Crippen LogP contribution < -0.4 is 5.32 Å². The van der Waals surface area contributed by atoms with Gasteiger partial charge in [-0.3, -0.25) is 4.79 Å². The van der Waals surface area contributed by atoms with E-state index in [9.17, 15) is 4.79 Å². The quantitative estimate of drug-likeness (QED) is 0.238. The van der Waals surface area contributed by atoms with Crippen LogP contribution in [0, 0.1) is 17.8 Å². The van der Waals surface area contributed by atoms with Crippen LogP contribution in [0.5, 0.6) is 0 Å². The lowest BCUT2D eigenvalue weighted by Crippen LogP contribution is -2.40. The fraction of sp³-hybridized carbons (Fsp3) is 0.357. The monoisotopic (exact) mass is 497 g/mol. The summed E-state index contributed by atoms with van der Waals surface area (Å²) in [5.74, 6) is 3.70. The molecule has 1 amide bonds. The van der Waals surface area contributed by atoms with Gasteiger partial charge < -0.3 is 9.73 Å². The molecule has 2 bridgehead atoms.